The maximum absolute atomic E-state index is 11.8. The second-order valence-corrected chi connectivity index (χ2v) is 5.53. The van der Waals surface area contributed by atoms with E-state index >= 15 is 0 Å². The number of carbonyl (C=O) groups excluding carboxylic acids is 2. The van der Waals surface area contributed by atoms with Gasteiger partial charge in [-0.25, -0.2) is 0 Å². The lowest BCUT2D eigenvalue weighted by atomic mass is 10.0. The third kappa shape index (κ3) is 5.19. The molecule has 3 N–H and O–H groups in total. The highest BCUT2D eigenvalue weighted by Gasteiger charge is 2.17. The molecule has 1 aliphatic rings. The number of amides is 2. The Morgan fingerprint density at radius 2 is 1.90 bits per heavy atom. The van der Waals surface area contributed by atoms with Crippen molar-refractivity contribution in [2.24, 2.45) is 5.92 Å². The molecular weight excluding hydrogens is 266 g/mol. The molecule has 1 unspecified atom stereocenters. The summed E-state index contributed by atoms with van der Waals surface area (Å²) in [6.07, 6.45) is 1.64. The van der Waals surface area contributed by atoms with Gasteiger partial charge in [0.25, 0.3) is 5.91 Å². The molecule has 2 amide bonds. The van der Waals surface area contributed by atoms with Crippen LogP contribution in [0.4, 0.5) is 0 Å². The first-order valence-corrected chi connectivity index (χ1v) is 7.47. The second-order valence-electron chi connectivity index (χ2n) is 5.53. The molecule has 1 saturated heterocycles. The smallest absolute Gasteiger partial charge is 0.251 e. The van der Waals surface area contributed by atoms with E-state index in [1.165, 1.54) is 0 Å². The predicted octanol–water partition coefficient (Wildman–Crippen LogP) is 0.841. The zero-order valence-corrected chi connectivity index (χ0v) is 12.4. The number of aryl methyl sites for hydroxylation is 1. The van der Waals surface area contributed by atoms with E-state index in [4.69, 9.17) is 0 Å². The van der Waals surface area contributed by atoms with Crippen LogP contribution in [-0.2, 0) is 4.79 Å². The van der Waals surface area contributed by atoms with Crippen molar-refractivity contribution in [1.29, 1.82) is 0 Å². The Labute approximate surface area is 125 Å². The van der Waals surface area contributed by atoms with Gasteiger partial charge in [-0.05, 0) is 44.5 Å². The molecule has 1 fully saturated rings. The molecule has 0 bridgehead atoms. The number of benzene rings is 1. The van der Waals surface area contributed by atoms with Crippen LogP contribution in [0.15, 0.2) is 24.3 Å². The van der Waals surface area contributed by atoms with Crippen molar-refractivity contribution in [3.8, 4) is 0 Å². The van der Waals surface area contributed by atoms with E-state index in [9.17, 15) is 9.59 Å². The van der Waals surface area contributed by atoms with Gasteiger partial charge in [0.1, 0.15) is 0 Å². The van der Waals surface area contributed by atoms with Crippen molar-refractivity contribution in [3.63, 3.8) is 0 Å². The van der Waals surface area contributed by atoms with Crippen molar-refractivity contribution in [3.05, 3.63) is 35.4 Å². The first kappa shape index (κ1) is 15.5. The maximum atomic E-state index is 11.8. The Balaban J connectivity index is 1.61. The summed E-state index contributed by atoms with van der Waals surface area (Å²) in [5, 5.41) is 8.89. The molecule has 1 aliphatic heterocycles. The van der Waals surface area contributed by atoms with Crippen molar-refractivity contribution in [1.82, 2.24) is 16.0 Å². The molecule has 21 heavy (non-hydrogen) atoms. The predicted molar refractivity (Wildman–Crippen MR) is 82.1 cm³/mol. The highest BCUT2D eigenvalue weighted by atomic mass is 16.2. The van der Waals surface area contributed by atoms with Gasteiger partial charge in [0.05, 0.1) is 0 Å². The van der Waals surface area contributed by atoms with Crippen LogP contribution >= 0.6 is 0 Å². The van der Waals surface area contributed by atoms with Crippen LogP contribution in [0, 0.1) is 12.8 Å². The van der Waals surface area contributed by atoms with Crippen LogP contribution in [0.2, 0.25) is 0 Å². The molecule has 5 heteroatoms. The fraction of sp³-hybridized carbons (Fsp3) is 0.500. The number of nitrogens with one attached hydrogen (secondary N) is 3. The molecule has 2 rings (SSSR count). The molecule has 114 valence electrons. The molecule has 0 saturated carbocycles. The average molecular weight is 289 g/mol. The molecule has 1 aromatic rings. The van der Waals surface area contributed by atoms with Gasteiger partial charge in [0.15, 0.2) is 0 Å². The summed E-state index contributed by atoms with van der Waals surface area (Å²) >= 11 is 0. The Hall–Kier alpha value is -1.88. The molecule has 1 atom stereocenters. The molecule has 5 nitrogen and oxygen atoms in total. The quantitative estimate of drug-likeness (QED) is 0.680. The van der Waals surface area contributed by atoms with Crippen LogP contribution in [0.5, 0.6) is 0 Å². The summed E-state index contributed by atoms with van der Waals surface area (Å²) in [5.41, 5.74) is 1.77. The minimum Gasteiger partial charge on any atom is -0.354 e. The summed E-state index contributed by atoms with van der Waals surface area (Å²) < 4.78 is 0. The molecule has 0 aromatic heterocycles. The van der Waals surface area contributed by atoms with Gasteiger partial charge < -0.3 is 16.0 Å². The zero-order chi connectivity index (χ0) is 15.1. The molecule has 0 spiro atoms. The maximum Gasteiger partial charge on any atom is 0.251 e. The van der Waals surface area contributed by atoms with Gasteiger partial charge in [-0.2, -0.15) is 0 Å². The van der Waals surface area contributed by atoms with E-state index in [-0.39, 0.29) is 11.8 Å². The van der Waals surface area contributed by atoms with Gasteiger partial charge in [0.2, 0.25) is 5.91 Å². The van der Waals surface area contributed by atoms with Crippen molar-refractivity contribution in [2.45, 2.75) is 19.8 Å². The van der Waals surface area contributed by atoms with Gasteiger partial charge in [0, 0.05) is 25.1 Å². The Kier molecular flexibility index (Phi) is 5.75. The molecular formula is C16H23N3O2. The van der Waals surface area contributed by atoms with Crippen LogP contribution < -0.4 is 16.0 Å². The number of hydrogen-bond acceptors (Lipinski definition) is 3. The Morgan fingerprint density at radius 3 is 2.57 bits per heavy atom. The molecule has 0 radical (unpaired) electrons. The van der Waals surface area contributed by atoms with Crippen molar-refractivity contribution < 1.29 is 9.59 Å². The summed E-state index contributed by atoms with van der Waals surface area (Å²) in [7, 11) is 0. The standard InChI is InChI=1S/C16H23N3O2/c1-12-2-4-14(5-3-12)16(21)19-9-8-18-15(20)10-13-6-7-17-11-13/h2-5,13,17H,6-11H2,1H3,(H,18,20)(H,19,21). The van der Waals surface area contributed by atoms with E-state index in [1.807, 2.05) is 19.1 Å². The minimum absolute atomic E-state index is 0.0632. The van der Waals surface area contributed by atoms with Crippen LogP contribution in [0.1, 0.15) is 28.8 Å². The molecule has 1 heterocycles. The summed E-state index contributed by atoms with van der Waals surface area (Å²) in [4.78, 5) is 23.5. The fourth-order valence-corrected chi connectivity index (χ4v) is 2.41. The largest absolute Gasteiger partial charge is 0.354 e. The van der Waals surface area contributed by atoms with Crippen LogP contribution in [0.25, 0.3) is 0 Å². The second kappa shape index (κ2) is 7.78. The van der Waals surface area contributed by atoms with Crippen molar-refractivity contribution in [2.75, 3.05) is 26.2 Å². The van der Waals surface area contributed by atoms with Crippen molar-refractivity contribution >= 4 is 11.8 Å². The lowest BCUT2D eigenvalue weighted by Crippen LogP contribution is -2.35. The van der Waals surface area contributed by atoms with E-state index in [0.717, 1.165) is 25.1 Å². The van der Waals surface area contributed by atoms with E-state index in [1.54, 1.807) is 12.1 Å². The normalized spacial score (nSPS) is 17.5. The van der Waals surface area contributed by atoms with E-state index < -0.39 is 0 Å². The van der Waals surface area contributed by atoms with E-state index in [0.29, 0.717) is 31.0 Å². The summed E-state index contributed by atoms with van der Waals surface area (Å²) in [5.74, 6) is 0.407. The number of carbonyl (C=O) groups is 2. The fourth-order valence-electron chi connectivity index (χ4n) is 2.41. The summed E-state index contributed by atoms with van der Waals surface area (Å²) in [6.45, 7) is 4.83. The van der Waals surface area contributed by atoms with E-state index in [2.05, 4.69) is 16.0 Å². The number of rotatable bonds is 6. The minimum atomic E-state index is -0.107. The molecule has 0 aliphatic carbocycles. The summed E-state index contributed by atoms with van der Waals surface area (Å²) in [6, 6.07) is 7.42. The first-order chi connectivity index (χ1) is 10.1. The SMILES string of the molecule is Cc1ccc(C(=O)NCCNC(=O)CC2CCNC2)cc1. The third-order valence-corrected chi connectivity index (χ3v) is 3.68. The highest BCUT2D eigenvalue weighted by molar-refractivity contribution is 5.94. The zero-order valence-electron chi connectivity index (χ0n) is 12.4. The van der Waals surface area contributed by atoms with Gasteiger partial charge in [-0.1, -0.05) is 17.7 Å². The lowest BCUT2D eigenvalue weighted by molar-refractivity contribution is -0.121. The monoisotopic (exact) mass is 289 g/mol. The lowest BCUT2D eigenvalue weighted by Gasteiger charge is -2.10. The highest BCUT2D eigenvalue weighted by Crippen LogP contribution is 2.11. The first-order valence-electron chi connectivity index (χ1n) is 7.47. The molecule has 1 aromatic carbocycles. The Bertz CT molecular complexity index is 479. The average Bonchev–Trinajstić information content (AvgIpc) is 2.97. The van der Waals surface area contributed by atoms with Gasteiger partial charge >= 0.3 is 0 Å². The van der Waals surface area contributed by atoms with Crippen LogP contribution in [0.3, 0.4) is 0 Å². The Morgan fingerprint density at radius 1 is 1.19 bits per heavy atom. The van der Waals surface area contributed by atoms with Gasteiger partial charge in [-0.15, -0.1) is 0 Å². The topological polar surface area (TPSA) is 70.2 Å². The third-order valence-electron chi connectivity index (χ3n) is 3.68. The van der Waals surface area contributed by atoms with Gasteiger partial charge in [-0.3, -0.25) is 9.59 Å². The number of hydrogen-bond donors (Lipinski definition) is 3. The van der Waals surface area contributed by atoms with Crippen LogP contribution in [-0.4, -0.2) is 38.0 Å².